The van der Waals surface area contributed by atoms with Gasteiger partial charge in [0.05, 0.1) is 11.0 Å². The number of rotatable bonds is 2. The smallest absolute Gasteiger partial charge is 0.333 e. The normalized spacial score (nSPS) is 36.1. The number of para-hydroxylation sites is 1. The van der Waals surface area contributed by atoms with Gasteiger partial charge in [-0.25, -0.2) is 4.79 Å². The van der Waals surface area contributed by atoms with Crippen LogP contribution < -0.4 is 5.32 Å². The quantitative estimate of drug-likeness (QED) is 0.822. The third-order valence-corrected chi connectivity index (χ3v) is 6.80. The first-order chi connectivity index (χ1) is 11.6. The molecule has 1 aliphatic carbocycles. The second-order valence-corrected chi connectivity index (χ2v) is 7.61. The van der Waals surface area contributed by atoms with Gasteiger partial charge in [-0.2, -0.15) is 0 Å². The van der Waals surface area contributed by atoms with Gasteiger partial charge in [-0.3, -0.25) is 4.90 Å². The molecular weight excluding hydrogens is 300 g/mol. The van der Waals surface area contributed by atoms with Crippen LogP contribution in [-0.4, -0.2) is 35.1 Å². The van der Waals surface area contributed by atoms with Crippen LogP contribution in [0.4, 0.5) is 5.69 Å². The Kier molecular flexibility index (Phi) is 2.69. The van der Waals surface area contributed by atoms with Crippen molar-refractivity contribution in [2.75, 3.05) is 18.4 Å². The number of hydrogen-bond acceptors (Lipinski definition) is 3. The van der Waals surface area contributed by atoms with Gasteiger partial charge in [-0.05, 0) is 30.9 Å². The van der Waals surface area contributed by atoms with E-state index in [1.165, 1.54) is 5.56 Å². The molecule has 24 heavy (non-hydrogen) atoms. The number of carboxylic acid groups (broad SMARTS) is 1. The highest BCUT2D eigenvalue weighted by Gasteiger charge is 2.65. The Morgan fingerprint density at radius 3 is 3.04 bits per heavy atom. The zero-order valence-electron chi connectivity index (χ0n) is 13.9. The third kappa shape index (κ3) is 1.46. The molecular formula is C20H22N2O2. The minimum absolute atomic E-state index is 0.0783. The molecule has 3 heterocycles. The molecule has 1 aromatic rings. The summed E-state index contributed by atoms with van der Waals surface area (Å²) in [6.45, 7) is 4.22. The van der Waals surface area contributed by atoms with Crippen LogP contribution in [0, 0.1) is 5.41 Å². The second kappa shape index (κ2) is 4.51. The number of anilines is 1. The number of nitrogens with one attached hydrogen (secondary N) is 1. The Hall–Kier alpha value is -2.07. The summed E-state index contributed by atoms with van der Waals surface area (Å²) >= 11 is 0. The van der Waals surface area contributed by atoms with Crippen molar-refractivity contribution < 1.29 is 9.90 Å². The van der Waals surface area contributed by atoms with Crippen molar-refractivity contribution in [2.24, 2.45) is 5.41 Å². The number of hydrogen-bond donors (Lipinski definition) is 2. The Morgan fingerprint density at radius 2 is 2.25 bits per heavy atom. The highest BCUT2D eigenvalue weighted by Crippen LogP contribution is 2.63. The standard InChI is InChI=1S/C20H22N2O2/c1-2-19-8-5-10-22-11-9-20(18(19)22)14-6-3-4-7-15(14)21-16(20)13(12-19)17(23)24/h3-8,18,21H,2,9-12H2,1H3,(H,23,24)/t18-,19-,20-/m0/s1. The zero-order valence-corrected chi connectivity index (χ0v) is 13.9. The number of aliphatic carboxylic acids is 1. The second-order valence-electron chi connectivity index (χ2n) is 7.61. The molecule has 0 aromatic heterocycles. The number of carboxylic acids is 1. The van der Waals surface area contributed by atoms with Crippen LogP contribution >= 0.6 is 0 Å². The molecule has 124 valence electrons. The van der Waals surface area contributed by atoms with Gasteiger partial charge in [0.25, 0.3) is 0 Å². The SMILES string of the molecule is CC[C@]12C=CCN3CC[C@]4(C(=C(C(=O)O)C1)Nc1ccccc14)[C@@H]32. The van der Waals surface area contributed by atoms with Crippen molar-refractivity contribution in [1.82, 2.24) is 4.90 Å². The summed E-state index contributed by atoms with van der Waals surface area (Å²) in [7, 11) is 0. The van der Waals surface area contributed by atoms with E-state index in [9.17, 15) is 9.90 Å². The van der Waals surface area contributed by atoms with Crippen LogP contribution in [0.3, 0.4) is 0 Å². The van der Waals surface area contributed by atoms with Gasteiger partial charge in [0, 0.05) is 35.9 Å². The van der Waals surface area contributed by atoms with Gasteiger partial charge < -0.3 is 10.4 Å². The molecule has 2 N–H and O–H groups in total. The van der Waals surface area contributed by atoms with Crippen LogP contribution in [-0.2, 0) is 10.2 Å². The Bertz CT molecular complexity index is 812. The zero-order chi connectivity index (χ0) is 16.5. The average molecular weight is 322 g/mol. The van der Waals surface area contributed by atoms with E-state index in [0.29, 0.717) is 18.0 Å². The molecule has 3 aliphatic heterocycles. The van der Waals surface area contributed by atoms with Crippen molar-refractivity contribution in [3.05, 3.63) is 53.3 Å². The molecule has 0 radical (unpaired) electrons. The summed E-state index contributed by atoms with van der Waals surface area (Å²) in [6.07, 6.45) is 7.16. The van der Waals surface area contributed by atoms with E-state index in [1.807, 2.05) is 6.07 Å². The summed E-state index contributed by atoms with van der Waals surface area (Å²) < 4.78 is 0. The van der Waals surface area contributed by atoms with Crippen molar-refractivity contribution in [1.29, 1.82) is 0 Å². The van der Waals surface area contributed by atoms with E-state index in [-0.39, 0.29) is 10.8 Å². The van der Waals surface area contributed by atoms with E-state index < -0.39 is 5.97 Å². The van der Waals surface area contributed by atoms with Crippen molar-refractivity contribution in [3.63, 3.8) is 0 Å². The summed E-state index contributed by atoms with van der Waals surface area (Å²) in [5, 5.41) is 13.5. The van der Waals surface area contributed by atoms with Gasteiger partial charge in [0.1, 0.15) is 0 Å². The summed E-state index contributed by atoms with van der Waals surface area (Å²) in [5.74, 6) is -0.770. The van der Waals surface area contributed by atoms with Crippen LogP contribution in [0.2, 0.25) is 0 Å². The fraction of sp³-hybridized carbons (Fsp3) is 0.450. The largest absolute Gasteiger partial charge is 0.478 e. The average Bonchev–Trinajstić information content (AvgIpc) is 3.15. The predicted octanol–water partition coefficient (Wildman–Crippen LogP) is 3.13. The van der Waals surface area contributed by atoms with E-state index in [0.717, 1.165) is 37.3 Å². The molecule has 0 amide bonds. The number of carbonyl (C=O) groups is 1. The molecule has 4 aliphatic rings. The molecule has 1 saturated heterocycles. The fourth-order valence-corrected chi connectivity index (χ4v) is 5.90. The minimum Gasteiger partial charge on any atom is -0.478 e. The van der Waals surface area contributed by atoms with Crippen LogP contribution in [0.5, 0.6) is 0 Å². The van der Waals surface area contributed by atoms with E-state index in [4.69, 9.17) is 0 Å². The molecule has 0 bridgehead atoms. The summed E-state index contributed by atoms with van der Waals surface area (Å²) in [4.78, 5) is 14.7. The third-order valence-electron chi connectivity index (χ3n) is 6.80. The van der Waals surface area contributed by atoms with Crippen LogP contribution in [0.15, 0.2) is 47.7 Å². The van der Waals surface area contributed by atoms with Crippen molar-refractivity contribution in [3.8, 4) is 0 Å². The Balaban J connectivity index is 1.85. The van der Waals surface area contributed by atoms with Crippen molar-refractivity contribution in [2.45, 2.75) is 37.6 Å². The minimum atomic E-state index is -0.770. The van der Waals surface area contributed by atoms with Crippen LogP contribution in [0.25, 0.3) is 0 Å². The number of fused-ring (bicyclic) bond motifs is 1. The number of nitrogens with zero attached hydrogens (tertiary/aromatic N) is 1. The molecule has 5 rings (SSSR count). The van der Waals surface area contributed by atoms with E-state index in [2.05, 4.69) is 47.5 Å². The Morgan fingerprint density at radius 1 is 1.42 bits per heavy atom. The topological polar surface area (TPSA) is 52.6 Å². The molecule has 1 aromatic carbocycles. The lowest BCUT2D eigenvalue weighted by molar-refractivity contribution is -0.133. The van der Waals surface area contributed by atoms with Gasteiger partial charge in [-0.15, -0.1) is 0 Å². The Labute approximate surface area is 141 Å². The first-order valence-corrected chi connectivity index (χ1v) is 8.87. The lowest BCUT2D eigenvalue weighted by Crippen LogP contribution is -2.58. The summed E-state index contributed by atoms with van der Waals surface area (Å²) in [5.41, 5.74) is 3.66. The molecule has 4 nitrogen and oxygen atoms in total. The first kappa shape index (κ1) is 14.3. The van der Waals surface area contributed by atoms with E-state index >= 15 is 0 Å². The highest BCUT2D eigenvalue weighted by molar-refractivity contribution is 5.92. The highest BCUT2D eigenvalue weighted by atomic mass is 16.4. The lowest BCUT2D eigenvalue weighted by atomic mass is 9.55. The van der Waals surface area contributed by atoms with Gasteiger partial charge in [0.2, 0.25) is 0 Å². The van der Waals surface area contributed by atoms with E-state index in [1.54, 1.807) is 0 Å². The summed E-state index contributed by atoms with van der Waals surface area (Å²) in [6, 6.07) is 8.75. The maximum absolute atomic E-state index is 12.1. The monoisotopic (exact) mass is 322 g/mol. The predicted molar refractivity (Wildman–Crippen MR) is 92.9 cm³/mol. The molecule has 3 atom stereocenters. The molecule has 0 unspecified atom stereocenters. The molecule has 4 heteroatoms. The van der Waals surface area contributed by atoms with Gasteiger partial charge >= 0.3 is 5.97 Å². The maximum Gasteiger partial charge on any atom is 0.333 e. The maximum atomic E-state index is 12.1. The van der Waals surface area contributed by atoms with Crippen LogP contribution in [0.1, 0.15) is 31.7 Å². The molecule has 0 saturated carbocycles. The fourth-order valence-electron chi connectivity index (χ4n) is 5.90. The lowest BCUT2D eigenvalue weighted by Gasteiger charge is -2.53. The molecule has 1 spiro atoms. The first-order valence-electron chi connectivity index (χ1n) is 8.87. The van der Waals surface area contributed by atoms with Crippen molar-refractivity contribution >= 4 is 11.7 Å². The number of benzene rings is 1. The van der Waals surface area contributed by atoms with Gasteiger partial charge in [-0.1, -0.05) is 37.3 Å². The van der Waals surface area contributed by atoms with Gasteiger partial charge in [0.15, 0.2) is 0 Å². The molecule has 1 fully saturated rings.